The summed E-state index contributed by atoms with van der Waals surface area (Å²) >= 11 is 1.32. The van der Waals surface area contributed by atoms with E-state index in [1.54, 1.807) is 11.6 Å². The second-order valence-electron chi connectivity index (χ2n) is 5.75. The Labute approximate surface area is 136 Å². The molecule has 3 rings (SSSR count). The van der Waals surface area contributed by atoms with Gasteiger partial charge in [0.05, 0.1) is 0 Å². The number of hydrogen-bond donors (Lipinski definition) is 2. The zero-order valence-electron chi connectivity index (χ0n) is 12.5. The molecule has 2 N–H and O–H groups in total. The number of nitrogens with zero attached hydrogens (tertiary/aromatic N) is 2. The van der Waals surface area contributed by atoms with Gasteiger partial charge in [0.2, 0.25) is 5.91 Å². The van der Waals surface area contributed by atoms with Crippen molar-refractivity contribution in [3.8, 4) is 0 Å². The maximum absolute atomic E-state index is 12.6. The average molecular weight is 334 g/mol. The summed E-state index contributed by atoms with van der Waals surface area (Å²) in [5.74, 6) is 0.141. The number of hydrogen-bond acceptors (Lipinski definition) is 5. The Bertz CT molecular complexity index is 775. The van der Waals surface area contributed by atoms with Crippen molar-refractivity contribution in [1.82, 2.24) is 14.5 Å². The van der Waals surface area contributed by atoms with E-state index in [0.717, 1.165) is 25.7 Å². The van der Waals surface area contributed by atoms with Gasteiger partial charge in [-0.25, -0.2) is 9.78 Å². The largest absolute Gasteiger partial charge is 0.329 e. The van der Waals surface area contributed by atoms with Gasteiger partial charge in [-0.15, -0.1) is 11.3 Å². The molecule has 1 saturated carbocycles. The van der Waals surface area contributed by atoms with Crippen molar-refractivity contribution >= 4 is 22.4 Å². The molecule has 0 spiro atoms. The molecule has 23 heavy (non-hydrogen) atoms. The van der Waals surface area contributed by atoms with Crippen molar-refractivity contribution in [2.24, 2.45) is 5.92 Å². The summed E-state index contributed by atoms with van der Waals surface area (Å²) in [6, 6.07) is 0.617. The normalized spacial score (nSPS) is 16.3. The monoisotopic (exact) mass is 334 g/mol. The van der Waals surface area contributed by atoms with Gasteiger partial charge in [0.25, 0.3) is 5.56 Å². The smallest absolute Gasteiger partial charge is 0.300 e. The molecule has 2 aromatic rings. The van der Waals surface area contributed by atoms with Gasteiger partial charge in [0.15, 0.2) is 5.13 Å². The fraction of sp³-hybridized carbons (Fsp3) is 0.467. The molecule has 1 aliphatic carbocycles. The molecular formula is C15H18N4O3S. The molecule has 0 saturated heterocycles. The quantitative estimate of drug-likeness (QED) is 0.870. The number of thiazole rings is 1. The van der Waals surface area contributed by atoms with E-state index >= 15 is 0 Å². The number of nitrogens with one attached hydrogen (secondary N) is 2. The molecule has 7 nitrogen and oxygen atoms in total. The predicted octanol–water partition coefficient (Wildman–Crippen LogP) is 1.75. The standard InChI is InChI=1S/C15H18N4O3S/c20-12-5-7-19(15(22)17-12)11(9-10-3-1-2-4-10)13(21)18-14-16-6-8-23-14/h5-8,10-11H,1-4,9H2,(H,16,18,21)(H,17,20,22). The van der Waals surface area contributed by atoms with E-state index in [4.69, 9.17) is 0 Å². The van der Waals surface area contributed by atoms with E-state index in [-0.39, 0.29) is 5.91 Å². The summed E-state index contributed by atoms with van der Waals surface area (Å²) < 4.78 is 1.31. The lowest BCUT2D eigenvalue weighted by Crippen LogP contribution is -2.37. The van der Waals surface area contributed by atoms with Crippen LogP contribution in [0.25, 0.3) is 0 Å². The summed E-state index contributed by atoms with van der Waals surface area (Å²) in [6.07, 6.45) is 8.04. The summed E-state index contributed by atoms with van der Waals surface area (Å²) in [4.78, 5) is 42.2. The molecule has 1 aliphatic rings. The minimum atomic E-state index is -0.647. The summed E-state index contributed by atoms with van der Waals surface area (Å²) in [6.45, 7) is 0. The van der Waals surface area contributed by atoms with E-state index in [1.807, 2.05) is 0 Å². The van der Waals surface area contributed by atoms with Crippen molar-refractivity contribution in [1.29, 1.82) is 0 Å². The summed E-state index contributed by atoms with van der Waals surface area (Å²) in [7, 11) is 0. The van der Waals surface area contributed by atoms with Gasteiger partial charge in [-0.3, -0.25) is 19.1 Å². The Balaban J connectivity index is 1.87. The van der Waals surface area contributed by atoms with Crippen LogP contribution in [0.15, 0.2) is 33.4 Å². The Kier molecular flexibility index (Phi) is 4.71. The lowest BCUT2D eigenvalue weighted by atomic mass is 9.97. The minimum Gasteiger partial charge on any atom is -0.300 e. The van der Waals surface area contributed by atoms with Crippen LogP contribution in [0.3, 0.4) is 0 Å². The van der Waals surface area contributed by atoms with E-state index in [9.17, 15) is 14.4 Å². The molecule has 8 heteroatoms. The molecule has 0 bridgehead atoms. The van der Waals surface area contributed by atoms with Crippen LogP contribution in [-0.2, 0) is 4.79 Å². The highest BCUT2D eigenvalue weighted by atomic mass is 32.1. The van der Waals surface area contributed by atoms with Gasteiger partial charge in [-0.1, -0.05) is 25.7 Å². The predicted molar refractivity (Wildman–Crippen MR) is 87.7 cm³/mol. The number of carbonyl (C=O) groups excluding carboxylic acids is 1. The molecule has 2 heterocycles. The molecule has 1 amide bonds. The fourth-order valence-corrected chi connectivity index (χ4v) is 3.59. The third-order valence-electron chi connectivity index (χ3n) is 4.18. The van der Waals surface area contributed by atoms with Crippen LogP contribution < -0.4 is 16.6 Å². The van der Waals surface area contributed by atoms with Crippen LogP contribution in [0.1, 0.15) is 38.1 Å². The number of aromatic amines is 1. The molecule has 122 valence electrons. The van der Waals surface area contributed by atoms with Crippen molar-refractivity contribution in [3.05, 3.63) is 44.7 Å². The van der Waals surface area contributed by atoms with Crippen LogP contribution in [0.2, 0.25) is 0 Å². The number of carbonyl (C=O) groups is 1. The van der Waals surface area contributed by atoms with E-state index in [0.29, 0.717) is 17.5 Å². The van der Waals surface area contributed by atoms with E-state index in [2.05, 4.69) is 15.3 Å². The highest BCUT2D eigenvalue weighted by Crippen LogP contribution is 2.32. The lowest BCUT2D eigenvalue weighted by Gasteiger charge is -2.21. The van der Waals surface area contributed by atoms with Crippen molar-refractivity contribution < 1.29 is 4.79 Å². The van der Waals surface area contributed by atoms with Gasteiger partial charge in [0.1, 0.15) is 6.04 Å². The summed E-state index contributed by atoms with van der Waals surface area (Å²) in [5.41, 5.74) is -1.03. The van der Waals surface area contributed by atoms with Gasteiger partial charge in [-0.2, -0.15) is 0 Å². The third kappa shape index (κ3) is 3.76. The third-order valence-corrected chi connectivity index (χ3v) is 4.87. The van der Waals surface area contributed by atoms with E-state index < -0.39 is 17.3 Å². The molecule has 0 radical (unpaired) electrons. The SMILES string of the molecule is O=C(Nc1nccs1)C(CC1CCCC1)n1ccc(=O)[nH]c1=O. The maximum atomic E-state index is 12.6. The zero-order valence-corrected chi connectivity index (χ0v) is 13.3. The minimum absolute atomic E-state index is 0.277. The van der Waals surface area contributed by atoms with Crippen LogP contribution in [0.5, 0.6) is 0 Å². The fourth-order valence-electron chi connectivity index (χ4n) is 3.06. The first-order chi connectivity index (χ1) is 11.1. The van der Waals surface area contributed by atoms with Gasteiger partial charge >= 0.3 is 5.69 Å². The number of aromatic nitrogens is 3. The van der Waals surface area contributed by atoms with Gasteiger partial charge in [-0.05, 0) is 12.3 Å². The number of H-pyrrole nitrogens is 1. The highest BCUT2D eigenvalue weighted by Gasteiger charge is 2.27. The average Bonchev–Trinajstić information content (AvgIpc) is 3.18. The van der Waals surface area contributed by atoms with Crippen molar-refractivity contribution in [2.45, 2.75) is 38.1 Å². The lowest BCUT2D eigenvalue weighted by molar-refractivity contribution is -0.119. The summed E-state index contributed by atoms with van der Waals surface area (Å²) in [5, 5.41) is 5.03. The second-order valence-corrected chi connectivity index (χ2v) is 6.64. The molecular weight excluding hydrogens is 316 g/mol. The van der Waals surface area contributed by atoms with Crippen molar-refractivity contribution in [2.75, 3.05) is 5.32 Å². The Morgan fingerprint density at radius 2 is 2.22 bits per heavy atom. The number of rotatable bonds is 5. The molecule has 1 unspecified atom stereocenters. The molecule has 0 aromatic carbocycles. The Morgan fingerprint density at radius 1 is 1.43 bits per heavy atom. The molecule has 1 atom stereocenters. The highest BCUT2D eigenvalue weighted by molar-refractivity contribution is 7.13. The first kappa shape index (κ1) is 15.7. The van der Waals surface area contributed by atoms with Crippen LogP contribution in [-0.4, -0.2) is 20.4 Å². The maximum Gasteiger partial charge on any atom is 0.329 e. The molecule has 2 aromatic heterocycles. The van der Waals surface area contributed by atoms with Crippen molar-refractivity contribution in [3.63, 3.8) is 0 Å². The number of amides is 1. The first-order valence-corrected chi connectivity index (χ1v) is 8.53. The molecule has 1 fully saturated rings. The van der Waals surface area contributed by atoms with Crippen LogP contribution in [0.4, 0.5) is 5.13 Å². The van der Waals surface area contributed by atoms with Crippen LogP contribution >= 0.6 is 11.3 Å². The van der Waals surface area contributed by atoms with E-state index in [1.165, 1.54) is 28.2 Å². The van der Waals surface area contributed by atoms with Crippen LogP contribution in [0, 0.1) is 5.92 Å². The Hall–Kier alpha value is -2.22. The molecule has 0 aliphatic heterocycles. The topological polar surface area (TPSA) is 96.8 Å². The Morgan fingerprint density at radius 3 is 2.87 bits per heavy atom. The second kappa shape index (κ2) is 6.91. The van der Waals surface area contributed by atoms with Gasteiger partial charge < -0.3 is 5.32 Å². The van der Waals surface area contributed by atoms with Gasteiger partial charge in [0, 0.05) is 23.8 Å². The zero-order chi connectivity index (χ0) is 16.2. The number of anilines is 1. The first-order valence-electron chi connectivity index (χ1n) is 7.65.